The van der Waals surface area contributed by atoms with Crippen LogP contribution in [-0.2, 0) is 4.74 Å². The van der Waals surface area contributed by atoms with Crippen molar-refractivity contribution in [3.63, 3.8) is 0 Å². The minimum absolute atomic E-state index is 0.0185. The van der Waals surface area contributed by atoms with Crippen LogP contribution in [0.15, 0.2) is 16.6 Å². The third-order valence-electron chi connectivity index (χ3n) is 8.33. The molecule has 4 fully saturated rings. The van der Waals surface area contributed by atoms with E-state index in [1.165, 1.54) is 0 Å². The number of ether oxygens (including phenoxy) is 2. The van der Waals surface area contributed by atoms with Gasteiger partial charge in [0.25, 0.3) is 0 Å². The number of fused-ring (bicyclic) bond motifs is 4. The molecule has 206 valence electrons. The molecule has 11 heteroatoms. The molecular formula is C27H34BrF2N5O3. The van der Waals surface area contributed by atoms with Gasteiger partial charge in [0.1, 0.15) is 29.7 Å². The number of carbonyl (C=O) groups is 1. The van der Waals surface area contributed by atoms with E-state index >= 15 is 4.39 Å². The first kappa shape index (κ1) is 26.0. The van der Waals surface area contributed by atoms with Crippen molar-refractivity contribution in [2.24, 2.45) is 0 Å². The Labute approximate surface area is 229 Å². The molecule has 0 radical (unpaired) electrons. The molecule has 4 aliphatic rings. The van der Waals surface area contributed by atoms with Gasteiger partial charge in [0.2, 0.25) is 0 Å². The summed E-state index contributed by atoms with van der Waals surface area (Å²) in [5, 5.41) is 0.603. The second-order valence-corrected chi connectivity index (χ2v) is 13.0. The van der Waals surface area contributed by atoms with Crippen molar-refractivity contribution in [2.45, 2.75) is 82.3 Å². The summed E-state index contributed by atoms with van der Waals surface area (Å²) in [4.78, 5) is 28.2. The van der Waals surface area contributed by atoms with Gasteiger partial charge >= 0.3 is 12.1 Å². The fraction of sp³-hybridized carbons (Fsp3) is 0.667. The number of alkyl halides is 1. The topological polar surface area (TPSA) is 71.0 Å². The molecule has 2 aromatic rings. The highest BCUT2D eigenvalue weighted by Crippen LogP contribution is 2.42. The minimum Gasteiger partial charge on any atom is -0.461 e. The third-order valence-corrected chi connectivity index (χ3v) is 8.94. The number of amides is 1. The number of aromatic nitrogens is 2. The fourth-order valence-corrected chi connectivity index (χ4v) is 7.05. The molecule has 5 heterocycles. The maximum atomic E-state index is 15.3. The first-order chi connectivity index (χ1) is 18.0. The summed E-state index contributed by atoms with van der Waals surface area (Å²) in [6, 6.07) is 3.62. The highest BCUT2D eigenvalue weighted by molar-refractivity contribution is 9.10. The molecule has 8 nitrogen and oxygen atoms in total. The quantitative estimate of drug-likeness (QED) is 0.490. The van der Waals surface area contributed by atoms with Gasteiger partial charge in [0, 0.05) is 43.5 Å². The summed E-state index contributed by atoms with van der Waals surface area (Å²) < 4.78 is 41.7. The lowest BCUT2D eigenvalue weighted by molar-refractivity contribution is 0.0209. The standard InChI is InChI=1S/C27H34BrF2N5O3/c1-26(2,3)38-25(36)33-13-17-5-6-18(14-33)35(17)23-19-7-8-20(28)21(30)22(19)31-24(32-23)37-15-27-9-4-10-34(27)12-16(29)11-27/h7-8,16-18H,4-6,9-15H2,1-3H3/t16-,17-,18+,27+/m1/s1. The highest BCUT2D eigenvalue weighted by Gasteiger charge is 2.49. The van der Waals surface area contributed by atoms with Crippen molar-refractivity contribution in [1.82, 2.24) is 19.8 Å². The Morgan fingerprint density at radius 3 is 2.63 bits per heavy atom. The summed E-state index contributed by atoms with van der Waals surface area (Å²) in [5.74, 6) is 0.143. The number of benzene rings is 1. The van der Waals surface area contributed by atoms with Crippen LogP contribution in [0.2, 0.25) is 0 Å². The van der Waals surface area contributed by atoms with E-state index in [0.29, 0.717) is 41.7 Å². The zero-order chi connectivity index (χ0) is 26.8. The van der Waals surface area contributed by atoms with Crippen molar-refractivity contribution in [3.8, 4) is 6.01 Å². The number of piperazine rings is 1. The van der Waals surface area contributed by atoms with Crippen LogP contribution in [0, 0.1) is 5.82 Å². The van der Waals surface area contributed by atoms with Gasteiger partial charge in [0.05, 0.1) is 10.0 Å². The van der Waals surface area contributed by atoms with Gasteiger partial charge in [-0.05, 0) is 81.1 Å². The minimum atomic E-state index is -0.864. The average molecular weight is 595 g/mol. The zero-order valence-corrected chi connectivity index (χ0v) is 23.6. The predicted octanol–water partition coefficient (Wildman–Crippen LogP) is 5.07. The smallest absolute Gasteiger partial charge is 0.410 e. The molecular weight excluding hydrogens is 560 g/mol. The van der Waals surface area contributed by atoms with E-state index in [-0.39, 0.29) is 41.8 Å². The molecule has 0 N–H and O–H groups in total. The number of rotatable bonds is 4. The van der Waals surface area contributed by atoms with Gasteiger partial charge in [-0.1, -0.05) is 0 Å². The monoisotopic (exact) mass is 593 g/mol. The van der Waals surface area contributed by atoms with Crippen molar-refractivity contribution in [1.29, 1.82) is 0 Å². The number of anilines is 1. The summed E-state index contributed by atoms with van der Waals surface area (Å²) in [5.41, 5.74) is -0.738. The molecule has 0 aliphatic carbocycles. The lowest BCUT2D eigenvalue weighted by Crippen LogP contribution is -2.56. The van der Waals surface area contributed by atoms with Crippen molar-refractivity contribution >= 4 is 38.7 Å². The molecule has 1 aromatic heterocycles. The molecule has 1 amide bonds. The Morgan fingerprint density at radius 1 is 1.18 bits per heavy atom. The molecule has 0 saturated carbocycles. The van der Waals surface area contributed by atoms with E-state index in [4.69, 9.17) is 14.5 Å². The molecule has 0 spiro atoms. The van der Waals surface area contributed by atoms with Crippen LogP contribution in [-0.4, -0.2) is 88.0 Å². The number of likely N-dealkylation sites (tertiary alicyclic amines) is 1. The summed E-state index contributed by atoms with van der Waals surface area (Å²) in [6.07, 6.45) is 2.91. The predicted molar refractivity (Wildman–Crippen MR) is 143 cm³/mol. The SMILES string of the molecule is CC(C)(C)OC(=O)N1C[C@H]2CC[C@@H](C1)N2c1nc(OC[C@@]23CCCN2C[C@H](F)C3)nc2c(F)c(Br)ccc12. The largest absolute Gasteiger partial charge is 0.461 e. The lowest BCUT2D eigenvalue weighted by Gasteiger charge is -2.42. The second kappa shape index (κ2) is 9.43. The van der Waals surface area contributed by atoms with Crippen molar-refractivity contribution in [3.05, 3.63) is 22.4 Å². The Balaban J connectivity index is 1.31. The van der Waals surface area contributed by atoms with Crippen LogP contribution >= 0.6 is 15.9 Å². The lowest BCUT2D eigenvalue weighted by atomic mass is 9.95. The van der Waals surface area contributed by atoms with Gasteiger partial charge in [-0.2, -0.15) is 9.97 Å². The van der Waals surface area contributed by atoms with Gasteiger partial charge in [-0.15, -0.1) is 0 Å². The van der Waals surface area contributed by atoms with E-state index in [9.17, 15) is 9.18 Å². The highest BCUT2D eigenvalue weighted by atomic mass is 79.9. The van der Waals surface area contributed by atoms with E-state index in [0.717, 1.165) is 32.2 Å². The van der Waals surface area contributed by atoms with Crippen LogP contribution in [0.4, 0.5) is 19.4 Å². The Bertz CT molecular complexity index is 1250. The van der Waals surface area contributed by atoms with Crippen molar-refractivity contribution < 1.29 is 23.0 Å². The summed E-state index contributed by atoms with van der Waals surface area (Å²) in [7, 11) is 0. The summed E-state index contributed by atoms with van der Waals surface area (Å²) in [6.45, 7) is 8.15. The molecule has 38 heavy (non-hydrogen) atoms. The van der Waals surface area contributed by atoms with Crippen LogP contribution < -0.4 is 9.64 Å². The third kappa shape index (κ3) is 4.59. The first-order valence-corrected chi connectivity index (χ1v) is 14.3. The second-order valence-electron chi connectivity index (χ2n) is 12.1. The zero-order valence-electron chi connectivity index (χ0n) is 22.1. The average Bonchev–Trinajstić information content (AvgIpc) is 3.45. The van der Waals surface area contributed by atoms with Crippen LogP contribution in [0.3, 0.4) is 0 Å². The van der Waals surface area contributed by atoms with Crippen LogP contribution in [0.25, 0.3) is 10.9 Å². The molecule has 1 aromatic carbocycles. The Morgan fingerprint density at radius 2 is 1.92 bits per heavy atom. The number of hydrogen-bond acceptors (Lipinski definition) is 7. The first-order valence-electron chi connectivity index (χ1n) is 13.5. The van der Waals surface area contributed by atoms with Gasteiger partial charge in [0.15, 0.2) is 5.82 Å². The fourth-order valence-electron chi connectivity index (χ4n) is 6.73. The molecule has 2 bridgehead atoms. The van der Waals surface area contributed by atoms with Gasteiger partial charge in [-0.3, -0.25) is 4.90 Å². The van der Waals surface area contributed by atoms with E-state index in [2.05, 4.69) is 30.7 Å². The van der Waals surface area contributed by atoms with Gasteiger partial charge < -0.3 is 19.3 Å². The maximum absolute atomic E-state index is 15.3. The van der Waals surface area contributed by atoms with Crippen LogP contribution in [0.1, 0.15) is 52.9 Å². The van der Waals surface area contributed by atoms with Gasteiger partial charge in [-0.25, -0.2) is 13.6 Å². The molecule has 4 aliphatic heterocycles. The van der Waals surface area contributed by atoms with E-state index in [1.54, 1.807) is 11.0 Å². The summed E-state index contributed by atoms with van der Waals surface area (Å²) >= 11 is 3.28. The number of nitrogens with zero attached hydrogens (tertiary/aromatic N) is 5. The van der Waals surface area contributed by atoms with Crippen molar-refractivity contribution in [2.75, 3.05) is 37.7 Å². The number of carbonyl (C=O) groups excluding carboxylic acids is 1. The molecule has 4 saturated heterocycles. The molecule has 6 rings (SSSR count). The number of halogens is 3. The normalized spacial score (nSPS) is 29.3. The van der Waals surface area contributed by atoms with E-state index in [1.807, 2.05) is 26.8 Å². The number of hydrogen-bond donors (Lipinski definition) is 0. The Kier molecular flexibility index (Phi) is 6.45. The maximum Gasteiger partial charge on any atom is 0.410 e. The van der Waals surface area contributed by atoms with Crippen LogP contribution in [0.5, 0.6) is 6.01 Å². The Hall–Kier alpha value is -2.27. The molecule has 4 atom stereocenters. The molecule has 0 unspecified atom stereocenters. The van der Waals surface area contributed by atoms with E-state index < -0.39 is 17.6 Å².